The monoisotopic (exact) mass is 447 g/mol. The summed E-state index contributed by atoms with van der Waals surface area (Å²) in [6, 6.07) is 25.0. The number of nitrogen functional groups attached to an aromatic ring is 1. The molecule has 1 heterocycles. The van der Waals surface area contributed by atoms with Crippen molar-refractivity contribution >= 4 is 44.6 Å². The highest BCUT2D eigenvalue weighted by Gasteiger charge is 2.09. The normalized spacial score (nSPS) is 10.4. The maximum Gasteiger partial charge on any atom is 0.159 e. The van der Waals surface area contributed by atoms with Gasteiger partial charge in [0.1, 0.15) is 23.5 Å². The van der Waals surface area contributed by atoms with Gasteiger partial charge in [0.05, 0.1) is 0 Å². The Morgan fingerprint density at radius 2 is 1.38 bits per heavy atom. The van der Waals surface area contributed by atoms with Crippen LogP contribution in [0.1, 0.15) is 0 Å². The lowest BCUT2D eigenvalue weighted by Crippen LogP contribution is -2.05. The quantitative estimate of drug-likeness (QED) is 0.331. The molecule has 0 aliphatic heterocycles. The third-order valence-electron chi connectivity index (χ3n) is 4.07. The molecule has 0 atom stereocenters. The van der Waals surface area contributed by atoms with E-state index in [2.05, 4.69) is 36.5 Å². The van der Waals surface area contributed by atoms with Crippen molar-refractivity contribution in [1.29, 1.82) is 0 Å². The van der Waals surface area contributed by atoms with Crippen LogP contribution in [0.5, 0.6) is 11.5 Å². The molecule has 0 bridgehead atoms. The van der Waals surface area contributed by atoms with Gasteiger partial charge in [0, 0.05) is 15.8 Å². The van der Waals surface area contributed by atoms with Crippen molar-refractivity contribution in [2.24, 2.45) is 0 Å². The van der Waals surface area contributed by atoms with Gasteiger partial charge in [-0.05, 0) is 54.6 Å². The Hall–Kier alpha value is -3.58. The maximum atomic E-state index is 6.26. The molecule has 0 fully saturated rings. The molecule has 3 aromatic carbocycles. The molecule has 7 heteroatoms. The fourth-order valence-corrected chi connectivity index (χ4v) is 3.06. The Balaban J connectivity index is 1.48. The number of anilines is 5. The van der Waals surface area contributed by atoms with Crippen LogP contribution < -0.4 is 21.1 Å². The van der Waals surface area contributed by atoms with E-state index < -0.39 is 0 Å². The van der Waals surface area contributed by atoms with Crippen LogP contribution in [0.2, 0.25) is 0 Å². The minimum Gasteiger partial charge on any atom is -0.457 e. The van der Waals surface area contributed by atoms with E-state index in [1.165, 1.54) is 6.33 Å². The van der Waals surface area contributed by atoms with E-state index in [0.717, 1.165) is 27.3 Å². The van der Waals surface area contributed by atoms with Crippen molar-refractivity contribution in [3.63, 3.8) is 0 Å². The minimum absolute atomic E-state index is 0.428. The van der Waals surface area contributed by atoms with Gasteiger partial charge >= 0.3 is 0 Å². The summed E-state index contributed by atoms with van der Waals surface area (Å²) in [6.07, 6.45) is 1.46. The predicted molar refractivity (Wildman–Crippen MR) is 120 cm³/mol. The molecule has 4 N–H and O–H groups in total. The number of nitrogens with two attached hydrogens (primary N) is 1. The second kappa shape index (κ2) is 8.62. The fraction of sp³-hybridized carbons (Fsp3) is 0. The van der Waals surface area contributed by atoms with Gasteiger partial charge in [0.25, 0.3) is 0 Å². The first kappa shape index (κ1) is 18.8. The second-order valence-corrected chi connectivity index (χ2v) is 7.10. The average molecular weight is 448 g/mol. The Kier molecular flexibility index (Phi) is 5.58. The molecule has 0 aliphatic rings. The maximum absolute atomic E-state index is 6.26. The second-order valence-electron chi connectivity index (χ2n) is 6.18. The van der Waals surface area contributed by atoms with Gasteiger partial charge in [-0.3, -0.25) is 0 Å². The van der Waals surface area contributed by atoms with Crippen molar-refractivity contribution in [3.8, 4) is 11.5 Å². The molecule has 6 nitrogen and oxygen atoms in total. The average Bonchev–Trinajstić information content (AvgIpc) is 2.73. The molecule has 29 heavy (non-hydrogen) atoms. The van der Waals surface area contributed by atoms with Gasteiger partial charge in [0.15, 0.2) is 11.6 Å². The Morgan fingerprint density at radius 3 is 2.07 bits per heavy atom. The third kappa shape index (κ3) is 4.83. The summed E-state index contributed by atoms with van der Waals surface area (Å²) >= 11 is 3.45. The Labute approximate surface area is 176 Å². The van der Waals surface area contributed by atoms with Crippen molar-refractivity contribution in [2.75, 3.05) is 16.4 Å². The molecule has 4 aromatic rings. The van der Waals surface area contributed by atoms with Gasteiger partial charge in [-0.15, -0.1) is 0 Å². The van der Waals surface area contributed by atoms with E-state index in [4.69, 9.17) is 10.5 Å². The van der Waals surface area contributed by atoms with Crippen LogP contribution in [0.4, 0.5) is 28.7 Å². The standard InChI is InChI=1S/C22H18BrN5O/c23-15-5-4-6-17(13-15)28-22-20(24)21(25-14-26-22)27-16-9-11-19(12-10-16)29-18-7-2-1-3-8-18/h1-14H,24H2,(H2,25,26,27,28). The van der Waals surface area contributed by atoms with E-state index in [1.54, 1.807) is 0 Å². The largest absolute Gasteiger partial charge is 0.457 e. The molecular weight excluding hydrogens is 430 g/mol. The van der Waals surface area contributed by atoms with E-state index in [1.807, 2.05) is 78.9 Å². The van der Waals surface area contributed by atoms with Crippen molar-refractivity contribution in [2.45, 2.75) is 0 Å². The van der Waals surface area contributed by atoms with E-state index in [0.29, 0.717) is 17.3 Å². The number of nitrogens with one attached hydrogen (secondary N) is 2. The number of nitrogens with zero attached hydrogens (tertiary/aromatic N) is 2. The van der Waals surface area contributed by atoms with Crippen molar-refractivity contribution in [1.82, 2.24) is 9.97 Å². The SMILES string of the molecule is Nc1c(Nc2ccc(Oc3ccccc3)cc2)ncnc1Nc1cccc(Br)c1. The molecule has 0 unspecified atom stereocenters. The summed E-state index contributed by atoms with van der Waals surface area (Å²) < 4.78 is 6.77. The Bertz CT molecular complexity index is 1100. The highest BCUT2D eigenvalue weighted by atomic mass is 79.9. The molecular formula is C22H18BrN5O. The van der Waals surface area contributed by atoms with Crippen LogP contribution >= 0.6 is 15.9 Å². The van der Waals surface area contributed by atoms with E-state index in [9.17, 15) is 0 Å². The van der Waals surface area contributed by atoms with E-state index >= 15 is 0 Å². The molecule has 1 aromatic heterocycles. The smallest absolute Gasteiger partial charge is 0.159 e. The van der Waals surface area contributed by atoms with Crippen LogP contribution in [0.3, 0.4) is 0 Å². The van der Waals surface area contributed by atoms with E-state index in [-0.39, 0.29) is 0 Å². The van der Waals surface area contributed by atoms with Gasteiger partial charge in [-0.1, -0.05) is 40.2 Å². The minimum atomic E-state index is 0.428. The van der Waals surface area contributed by atoms with Crippen molar-refractivity contribution < 1.29 is 4.74 Å². The van der Waals surface area contributed by atoms with Crippen LogP contribution in [-0.4, -0.2) is 9.97 Å². The van der Waals surface area contributed by atoms with Crippen LogP contribution in [0, 0.1) is 0 Å². The molecule has 0 saturated carbocycles. The fourth-order valence-electron chi connectivity index (χ4n) is 2.67. The van der Waals surface area contributed by atoms with Crippen LogP contribution in [0.25, 0.3) is 0 Å². The van der Waals surface area contributed by atoms with Gasteiger partial charge < -0.3 is 21.1 Å². The Morgan fingerprint density at radius 1 is 0.724 bits per heavy atom. The summed E-state index contributed by atoms with van der Waals surface area (Å²) in [4.78, 5) is 8.50. The van der Waals surface area contributed by atoms with Gasteiger partial charge in [0.2, 0.25) is 0 Å². The topological polar surface area (TPSA) is 85.1 Å². The third-order valence-corrected chi connectivity index (χ3v) is 4.56. The number of hydrogen-bond donors (Lipinski definition) is 3. The molecule has 0 amide bonds. The molecule has 0 aliphatic carbocycles. The zero-order valence-electron chi connectivity index (χ0n) is 15.3. The molecule has 4 rings (SSSR count). The highest BCUT2D eigenvalue weighted by Crippen LogP contribution is 2.30. The first-order valence-electron chi connectivity index (χ1n) is 8.90. The zero-order chi connectivity index (χ0) is 20.1. The van der Waals surface area contributed by atoms with Gasteiger partial charge in [-0.25, -0.2) is 9.97 Å². The summed E-state index contributed by atoms with van der Waals surface area (Å²) in [7, 11) is 0. The number of hydrogen-bond acceptors (Lipinski definition) is 6. The van der Waals surface area contributed by atoms with Crippen LogP contribution in [-0.2, 0) is 0 Å². The number of benzene rings is 3. The highest BCUT2D eigenvalue weighted by molar-refractivity contribution is 9.10. The summed E-state index contributed by atoms with van der Waals surface area (Å²) in [5, 5.41) is 6.43. The number of para-hydroxylation sites is 1. The molecule has 0 saturated heterocycles. The zero-order valence-corrected chi connectivity index (χ0v) is 16.9. The summed E-state index contributed by atoms with van der Waals surface area (Å²) in [5.74, 6) is 2.59. The molecule has 144 valence electrons. The number of halogens is 1. The molecule has 0 radical (unpaired) electrons. The number of aromatic nitrogens is 2. The number of ether oxygens (including phenoxy) is 1. The lowest BCUT2D eigenvalue weighted by molar-refractivity contribution is 0.483. The molecule has 0 spiro atoms. The first-order valence-corrected chi connectivity index (χ1v) is 9.70. The van der Waals surface area contributed by atoms with Gasteiger partial charge in [-0.2, -0.15) is 0 Å². The summed E-state index contributed by atoms with van der Waals surface area (Å²) in [6.45, 7) is 0. The lowest BCUT2D eigenvalue weighted by Gasteiger charge is -2.13. The number of rotatable bonds is 6. The van der Waals surface area contributed by atoms with Crippen molar-refractivity contribution in [3.05, 3.63) is 89.7 Å². The lowest BCUT2D eigenvalue weighted by atomic mass is 10.3. The first-order chi connectivity index (χ1) is 14.2. The van der Waals surface area contributed by atoms with Crippen LogP contribution in [0.15, 0.2) is 89.7 Å². The predicted octanol–water partition coefficient (Wildman–Crippen LogP) is 6.10. The summed E-state index contributed by atoms with van der Waals surface area (Å²) in [5.41, 5.74) is 8.40.